The largest absolute Gasteiger partial charge is 0.465 e. The van der Waals surface area contributed by atoms with Crippen LogP contribution in [-0.4, -0.2) is 68.1 Å². The van der Waals surface area contributed by atoms with Crippen molar-refractivity contribution in [2.75, 3.05) is 46.4 Å². The summed E-state index contributed by atoms with van der Waals surface area (Å²) in [6.07, 6.45) is 0.967. The molecule has 0 aromatic heterocycles. The summed E-state index contributed by atoms with van der Waals surface area (Å²) in [7, 11) is 1.39. The number of carbonyl (C=O) groups is 2. The second-order valence-corrected chi connectivity index (χ2v) is 6.09. The van der Waals surface area contributed by atoms with Crippen LogP contribution in [0.4, 0.5) is 0 Å². The highest BCUT2D eigenvalue weighted by Gasteiger charge is 2.19. The fourth-order valence-corrected chi connectivity index (χ4v) is 2.75. The molecule has 0 aliphatic carbocycles. The van der Waals surface area contributed by atoms with E-state index in [0.29, 0.717) is 12.1 Å². The number of carbonyl (C=O) groups excluding carboxylic acids is 2. The summed E-state index contributed by atoms with van der Waals surface area (Å²) in [5, 5.41) is 2.92. The van der Waals surface area contributed by atoms with Gasteiger partial charge in [-0.25, -0.2) is 4.79 Å². The fraction of sp³-hybridized carbons (Fsp3) is 0.556. The third kappa shape index (κ3) is 5.62. The first-order valence-corrected chi connectivity index (χ1v) is 8.51. The number of hydrogen-bond donors (Lipinski definition) is 1. The molecule has 0 spiro atoms. The highest BCUT2D eigenvalue weighted by atomic mass is 16.5. The number of amides is 1. The van der Waals surface area contributed by atoms with Gasteiger partial charge in [0.25, 0.3) is 0 Å². The molecule has 0 bridgehead atoms. The Labute approximate surface area is 143 Å². The Morgan fingerprint density at radius 3 is 2.29 bits per heavy atom. The molecule has 6 heteroatoms. The Kier molecular flexibility index (Phi) is 7.21. The highest BCUT2D eigenvalue weighted by Crippen LogP contribution is 2.11. The summed E-state index contributed by atoms with van der Waals surface area (Å²) in [5.74, 6) is -0.194. The van der Waals surface area contributed by atoms with E-state index in [1.54, 1.807) is 12.1 Å². The van der Waals surface area contributed by atoms with Gasteiger partial charge in [-0.05, 0) is 24.1 Å². The van der Waals surface area contributed by atoms with E-state index in [0.717, 1.165) is 45.7 Å². The lowest BCUT2D eigenvalue weighted by Crippen LogP contribution is -2.49. The van der Waals surface area contributed by atoms with E-state index in [-0.39, 0.29) is 11.9 Å². The van der Waals surface area contributed by atoms with Crippen LogP contribution in [0.2, 0.25) is 0 Å². The molecule has 1 aliphatic heterocycles. The van der Waals surface area contributed by atoms with Crippen LogP contribution in [0.3, 0.4) is 0 Å². The number of benzene rings is 1. The van der Waals surface area contributed by atoms with Gasteiger partial charge in [-0.3, -0.25) is 14.6 Å². The highest BCUT2D eigenvalue weighted by molar-refractivity contribution is 5.89. The minimum atomic E-state index is -0.309. The second kappa shape index (κ2) is 9.39. The second-order valence-electron chi connectivity index (χ2n) is 6.09. The molecule has 1 heterocycles. The van der Waals surface area contributed by atoms with E-state index < -0.39 is 0 Å². The SMILES string of the molecule is CCCNC(=O)CN1CCN(Cc2ccc(C(=O)OC)cc2)CC1. The Morgan fingerprint density at radius 1 is 1.08 bits per heavy atom. The van der Waals surface area contributed by atoms with Crippen molar-refractivity contribution in [2.45, 2.75) is 19.9 Å². The average Bonchev–Trinajstić information content (AvgIpc) is 2.61. The third-order valence-electron chi connectivity index (χ3n) is 4.19. The molecule has 0 unspecified atom stereocenters. The minimum absolute atomic E-state index is 0.115. The van der Waals surface area contributed by atoms with Gasteiger partial charge in [-0.1, -0.05) is 19.1 Å². The molecule has 1 saturated heterocycles. The van der Waals surface area contributed by atoms with Crippen molar-refractivity contribution in [3.63, 3.8) is 0 Å². The molecule has 1 aliphatic rings. The van der Waals surface area contributed by atoms with Gasteiger partial charge in [0.2, 0.25) is 5.91 Å². The zero-order valence-corrected chi connectivity index (χ0v) is 14.6. The van der Waals surface area contributed by atoms with Crippen LogP contribution in [-0.2, 0) is 16.1 Å². The van der Waals surface area contributed by atoms with Gasteiger partial charge in [-0.15, -0.1) is 0 Å². The van der Waals surface area contributed by atoms with Crippen molar-refractivity contribution >= 4 is 11.9 Å². The monoisotopic (exact) mass is 333 g/mol. The number of methoxy groups -OCH3 is 1. The van der Waals surface area contributed by atoms with Crippen molar-refractivity contribution in [1.29, 1.82) is 0 Å². The van der Waals surface area contributed by atoms with E-state index in [9.17, 15) is 9.59 Å². The number of hydrogen-bond acceptors (Lipinski definition) is 5. The third-order valence-corrected chi connectivity index (χ3v) is 4.19. The summed E-state index contributed by atoms with van der Waals surface area (Å²) >= 11 is 0. The lowest BCUT2D eigenvalue weighted by Gasteiger charge is -2.34. The normalized spacial score (nSPS) is 15.9. The zero-order valence-electron chi connectivity index (χ0n) is 14.6. The first-order valence-electron chi connectivity index (χ1n) is 8.51. The summed E-state index contributed by atoms with van der Waals surface area (Å²) in [4.78, 5) is 27.7. The lowest BCUT2D eigenvalue weighted by atomic mass is 10.1. The molecular formula is C18H27N3O3. The average molecular weight is 333 g/mol. The molecule has 132 valence electrons. The number of rotatable bonds is 7. The molecule has 0 atom stereocenters. The first-order chi connectivity index (χ1) is 11.6. The van der Waals surface area contributed by atoms with Gasteiger partial charge >= 0.3 is 5.97 Å². The molecule has 2 rings (SSSR count). The molecule has 0 radical (unpaired) electrons. The quantitative estimate of drug-likeness (QED) is 0.758. The predicted molar refractivity (Wildman–Crippen MR) is 92.8 cm³/mol. The summed E-state index contributed by atoms with van der Waals surface area (Å²) < 4.78 is 4.71. The number of piperazine rings is 1. The molecule has 24 heavy (non-hydrogen) atoms. The van der Waals surface area contributed by atoms with E-state index in [2.05, 4.69) is 22.0 Å². The molecular weight excluding hydrogens is 306 g/mol. The molecule has 1 aromatic carbocycles. The van der Waals surface area contributed by atoms with Crippen molar-refractivity contribution in [2.24, 2.45) is 0 Å². The molecule has 1 amide bonds. The molecule has 1 fully saturated rings. The van der Waals surface area contributed by atoms with Gasteiger partial charge in [-0.2, -0.15) is 0 Å². The van der Waals surface area contributed by atoms with Crippen molar-refractivity contribution in [1.82, 2.24) is 15.1 Å². The van der Waals surface area contributed by atoms with Crippen LogP contribution in [0.15, 0.2) is 24.3 Å². The smallest absolute Gasteiger partial charge is 0.337 e. The number of nitrogens with zero attached hydrogens (tertiary/aromatic N) is 2. The maximum atomic E-state index is 11.8. The molecule has 0 saturated carbocycles. The van der Waals surface area contributed by atoms with E-state index >= 15 is 0 Å². The minimum Gasteiger partial charge on any atom is -0.465 e. The van der Waals surface area contributed by atoms with Gasteiger partial charge in [0.05, 0.1) is 19.2 Å². The first kappa shape index (κ1) is 18.4. The van der Waals surface area contributed by atoms with Crippen LogP contribution in [0.5, 0.6) is 0 Å². The summed E-state index contributed by atoms with van der Waals surface area (Å²) in [6.45, 7) is 7.84. The van der Waals surface area contributed by atoms with Crippen LogP contribution in [0.1, 0.15) is 29.3 Å². The van der Waals surface area contributed by atoms with Crippen LogP contribution >= 0.6 is 0 Å². The number of nitrogens with one attached hydrogen (secondary N) is 1. The Morgan fingerprint density at radius 2 is 1.71 bits per heavy atom. The Balaban J connectivity index is 1.74. The molecule has 1 aromatic rings. The molecule has 1 N–H and O–H groups in total. The standard InChI is InChI=1S/C18H27N3O3/c1-3-8-19-17(22)14-21-11-9-20(10-12-21)13-15-4-6-16(7-5-15)18(23)24-2/h4-7H,3,8-14H2,1-2H3,(H,19,22). The van der Waals surface area contributed by atoms with E-state index in [4.69, 9.17) is 4.74 Å². The van der Waals surface area contributed by atoms with Gasteiger partial charge < -0.3 is 10.1 Å². The Hall–Kier alpha value is -1.92. The summed E-state index contributed by atoms with van der Waals surface area (Å²) in [5.41, 5.74) is 1.75. The topological polar surface area (TPSA) is 61.9 Å². The van der Waals surface area contributed by atoms with Gasteiger partial charge in [0.1, 0.15) is 0 Å². The predicted octanol–water partition coefficient (Wildman–Crippen LogP) is 1.12. The van der Waals surface area contributed by atoms with Gasteiger partial charge in [0.15, 0.2) is 0 Å². The fourth-order valence-electron chi connectivity index (χ4n) is 2.75. The Bertz CT molecular complexity index is 537. The van der Waals surface area contributed by atoms with Crippen molar-refractivity contribution < 1.29 is 14.3 Å². The zero-order chi connectivity index (χ0) is 17.4. The van der Waals surface area contributed by atoms with Crippen LogP contribution in [0.25, 0.3) is 0 Å². The lowest BCUT2D eigenvalue weighted by molar-refractivity contribution is -0.122. The van der Waals surface area contributed by atoms with Crippen molar-refractivity contribution in [3.05, 3.63) is 35.4 Å². The van der Waals surface area contributed by atoms with Crippen LogP contribution < -0.4 is 5.32 Å². The van der Waals surface area contributed by atoms with Gasteiger partial charge in [0, 0.05) is 39.3 Å². The van der Waals surface area contributed by atoms with Crippen LogP contribution in [0, 0.1) is 0 Å². The van der Waals surface area contributed by atoms with E-state index in [1.165, 1.54) is 12.7 Å². The summed E-state index contributed by atoms with van der Waals surface area (Å²) in [6, 6.07) is 7.54. The number of esters is 1. The van der Waals surface area contributed by atoms with E-state index in [1.807, 2.05) is 12.1 Å². The van der Waals surface area contributed by atoms with Crippen molar-refractivity contribution in [3.8, 4) is 0 Å². The number of ether oxygens (including phenoxy) is 1. The molecule has 6 nitrogen and oxygen atoms in total. The maximum absolute atomic E-state index is 11.8. The maximum Gasteiger partial charge on any atom is 0.337 e.